The smallest absolute Gasteiger partial charge is 0.189 e. The molecule has 25 heavy (non-hydrogen) atoms. The van der Waals surface area contributed by atoms with Crippen LogP contribution in [0.2, 0.25) is 0 Å². The topological polar surface area (TPSA) is 45.8 Å². The molecule has 0 aliphatic carbocycles. The third-order valence-corrected chi connectivity index (χ3v) is 4.45. The van der Waals surface area contributed by atoms with Gasteiger partial charge in [-0.05, 0) is 55.3 Å². The second-order valence-electron chi connectivity index (χ2n) is 6.27. The molecule has 0 saturated heterocycles. The van der Waals surface area contributed by atoms with E-state index in [1.54, 1.807) is 0 Å². The number of carbonyl (C=O) groups is 1. The molecule has 0 atom stereocenters. The van der Waals surface area contributed by atoms with Crippen molar-refractivity contribution in [3.8, 4) is 0 Å². The second-order valence-corrected chi connectivity index (χ2v) is 6.27. The molecule has 0 aliphatic rings. The Morgan fingerprint density at radius 2 is 1.88 bits per heavy atom. The molecule has 0 unspecified atom stereocenters. The molecule has 4 rings (SSSR count). The molecule has 2 aromatic carbocycles. The summed E-state index contributed by atoms with van der Waals surface area (Å²) in [6.45, 7) is 3.79. The molecule has 0 spiro atoms. The summed E-state index contributed by atoms with van der Waals surface area (Å²) in [7, 11) is 0. The third-order valence-electron chi connectivity index (χ3n) is 4.45. The van der Waals surface area contributed by atoms with E-state index in [1.165, 1.54) is 0 Å². The monoisotopic (exact) mass is 326 g/mol. The van der Waals surface area contributed by atoms with Gasteiger partial charge in [-0.3, -0.25) is 9.78 Å². The highest BCUT2D eigenvalue weighted by Crippen LogP contribution is 2.24. The number of para-hydroxylation sites is 1. The molecular weight excluding hydrogens is 308 g/mol. The number of hydrogen-bond donors (Lipinski definition) is 1. The molecule has 2 heterocycles. The Morgan fingerprint density at radius 1 is 1.04 bits per heavy atom. The molecule has 0 saturated carbocycles. The number of pyridine rings is 1. The Bertz CT molecular complexity index is 1140. The molecule has 0 fully saturated rings. The van der Waals surface area contributed by atoms with Gasteiger partial charge < -0.3 is 4.98 Å². The lowest BCUT2D eigenvalue weighted by Gasteiger charge is -2.08. The number of aromatic amines is 1. The van der Waals surface area contributed by atoms with Gasteiger partial charge in [0.1, 0.15) is 0 Å². The minimum atomic E-state index is 0.0363. The summed E-state index contributed by atoms with van der Waals surface area (Å²) in [6.07, 6.45) is 3.88. The molecule has 0 amide bonds. The van der Waals surface area contributed by atoms with Gasteiger partial charge in [0.2, 0.25) is 0 Å². The third kappa shape index (κ3) is 2.74. The predicted molar refractivity (Wildman–Crippen MR) is 103 cm³/mol. The fourth-order valence-electron chi connectivity index (χ4n) is 3.24. The van der Waals surface area contributed by atoms with Gasteiger partial charge in [0, 0.05) is 33.7 Å². The zero-order chi connectivity index (χ0) is 17.4. The van der Waals surface area contributed by atoms with Crippen LogP contribution in [-0.2, 0) is 0 Å². The Kier molecular flexibility index (Phi) is 3.69. The number of aryl methyl sites for hydroxylation is 1. The van der Waals surface area contributed by atoms with E-state index in [2.05, 4.69) is 9.97 Å². The number of hydrogen-bond acceptors (Lipinski definition) is 2. The van der Waals surface area contributed by atoms with Crippen molar-refractivity contribution in [1.82, 2.24) is 9.97 Å². The van der Waals surface area contributed by atoms with Crippen molar-refractivity contribution in [2.75, 3.05) is 0 Å². The molecule has 3 heteroatoms. The van der Waals surface area contributed by atoms with Gasteiger partial charge in [-0.1, -0.05) is 30.3 Å². The van der Waals surface area contributed by atoms with Crippen LogP contribution in [0.3, 0.4) is 0 Å². The summed E-state index contributed by atoms with van der Waals surface area (Å²) < 4.78 is 0. The first-order chi connectivity index (χ1) is 12.1. The standard InChI is InChI=1S/C22H18N2O/c1-14(12-16-6-5-9-20-17(16)10-11-23-20)22(25)19-13-15(2)24-21-8-4-3-7-18(19)21/h3-13,23H,1-2H3/b14-12+. The van der Waals surface area contributed by atoms with E-state index in [-0.39, 0.29) is 5.78 Å². The van der Waals surface area contributed by atoms with E-state index in [9.17, 15) is 4.79 Å². The van der Waals surface area contributed by atoms with Gasteiger partial charge in [0.05, 0.1) is 5.52 Å². The first-order valence-corrected chi connectivity index (χ1v) is 8.29. The fourth-order valence-corrected chi connectivity index (χ4v) is 3.24. The number of allylic oxidation sites excluding steroid dienone is 1. The lowest BCUT2D eigenvalue weighted by atomic mass is 9.97. The van der Waals surface area contributed by atoms with Crippen LogP contribution in [0.4, 0.5) is 0 Å². The van der Waals surface area contributed by atoms with Crippen LogP contribution >= 0.6 is 0 Å². The summed E-state index contributed by atoms with van der Waals surface area (Å²) in [5, 5.41) is 2.01. The van der Waals surface area contributed by atoms with E-state index in [0.717, 1.165) is 33.1 Å². The first-order valence-electron chi connectivity index (χ1n) is 8.29. The van der Waals surface area contributed by atoms with Gasteiger partial charge >= 0.3 is 0 Å². The zero-order valence-corrected chi connectivity index (χ0v) is 14.2. The lowest BCUT2D eigenvalue weighted by molar-refractivity contribution is 0.103. The number of ketones is 1. The number of fused-ring (bicyclic) bond motifs is 2. The molecule has 1 N–H and O–H groups in total. The molecule has 3 nitrogen and oxygen atoms in total. The zero-order valence-electron chi connectivity index (χ0n) is 14.2. The van der Waals surface area contributed by atoms with Gasteiger partial charge in [0.25, 0.3) is 0 Å². The molecule has 0 aliphatic heterocycles. The molecule has 2 aromatic heterocycles. The van der Waals surface area contributed by atoms with Crippen molar-refractivity contribution in [2.24, 2.45) is 0 Å². The van der Waals surface area contributed by atoms with E-state index in [1.807, 2.05) is 80.7 Å². The van der Waals surface area contributed by atoms with Crippen LogP contribution in [0.1, 0.15) is 28.5 Å². The molecule has 122 valence electrons. The summed E-state index contributed by atoms with van der Waals surface area (Å²) >= 11 is 0. The van der Waals surface area contributed by atoms with Crippen LogP contribution in [0.15, 0.2) is 66.4 Å². The SMILES string of the molecule is C/C(=C\c1cccc2[nH]ccc12)C(=O)c1cc(C)nc2ccccc12. The van der Waals surface area contributed by atoms with Gasteiger partial charge in [-0.25, -0.2) is 0 Å². The average Bonchev–Trinajstić information content (AvgIpc) is 3.10. The van der Waals surface area contributed by atoms with Crippen molar-refractivity contribution < 1.29 is 4.79 Å². The normalized spacial score (nSPS) is 12.0. The van der Waals surface area contributed by atoms with Crippen molar-refractivity contribution in [1.29, 1.82) is 0 Å². The number of Topliss-reactive ketones (excluding diaryl/α,β-unsaturated/α-hetero) is 1. The van der Waals surface area contributed by atoms with E-state index >= 15 is 0 Å². The van der Waals surface area contributed by atoms with Crippen molar-refractivity contribution in [3.63, 3.8) is 0 Å². The van der Waals surface area contributed by atoms with Crippen LogP contribution in [0, 0.1) is 6.92 Å². The van der Waals surface area contributed by atoms with Gasteiger partial charge in [0.15, 0.2) is 5.78 Å². The summed E-state index contributed by atoms with van der Waals surface area (Å²) in [4.78, 5) is 20.8. The molecule has 4 aromatic rings. The minimum Gasteiger partial charge on any atom is -0.361 e. The number of rotatable bonds is 3. The number of H-pyrrole nitrogens is 1. The Hall–Kier alpha value is -3.20. The molecule has 0 bridgehead atoms. The molecule has 0 radical (unpaired) electrons. The summed E-state index contributed by atoms with van der Waals surface area (Å²) in [5.41, 5.74) is 5.23. The van der Waals surface area contributed by atoms with Gasteiger partial charge in [-0.2, -0.15) is 0 Å². The first kappa shape index (κ1) is 15.3. The maximum Gasteiger partial charge on any atom is 0.189 e. The predicted octanol–water partition coefficient (Wildman–Crippen LogP) is 5.31. The Balaban J connectivity index is 1.82. The number of carbonyl (C=O) groups excluding carboxylic acids is 1. The van der Waals surface area contributed by atoms with Crippen LogP contribution < -0.4 is 0 Å². The highest BCUT2D eigenvalue weighted by molar-refractivity contribution is 6.17. The van der Waals surface area contributed by atoms with E-state index < -0.39 is 0 Å². The summed E-state index contributed by atoms with van der Waals surface area (Å²) in [5.74, 6) is 0.0363. The highest BCUT2D eigenvalue weighted by Gasteiger charge is 2.14. The van der Waals surface area contributed by atoms with E-state index in [4.69, 9.17) is 0 Å². The Labute approximate surface area is 146 Å². The van der Waals surface area contributed by atoms with Crippen molar-refractivity contribution in [3.05, 3.63) is 83.2 Å². The fraction of sp³-hybridized carbons (Fsp3) is 0.0909. The highest BCUT2D eigenvalue weighted by atomic mass is 16.1. The maximum absolute atomic E-state index is 13.1. The Morgan fingerprint density at radius 3 is 2.76 bits per heavy atom. The lowest BCUT2D eigenvalue weighted by Crippen LogP contribution is -2.03. The quantitative estimate of drug-likeness (QED) is 0.409. The minimum absolute atomic E-state index is 0.0363. The largest absolute Gasteiger partial charge is 0.361 e. The van der Waals surface area contributed by atoms with Crippen molar-refractivity contribution in [2.45, 2.75) is 13.8 Å². The van der Waals surface area contributed by atoms with E-state index in [0.29, 0.717) is 11.1 Å². The van der Waals surface area contributed by atoms with Crippen molar-refractivity contribution >= 4 is 33.7 Å². The van der Waals surface area contributed by atoms with Gasteiger partial charge in [-0.15, -0.1) is 0 Å². The van der Waals surface area contributed by atoms with Crippen LogP contribution in [0.5, 0.6) is 0 Å². The molecular formula is C22H18N2O. The number of benzene rings is 2. The summed E-state index contributed by atoms with van der Waals surface area (Å²) in [6, 6.07) is 17.7. The maximum atomic E-state index is 13.1. The average molecular weight is 326 g/mol. The van der Waals surface area contributed by atoms with Crippen LogP contribution in [-0.4, -0.2) is 15.8 Å². The number of nitrogens with one attached hydrogen (secondary N) is 1. The number of aromatic nitrogens is 2. The number of nitrogens with zero attached hydrogens (tertiary/aromatic N) is 1. The second kappa shape index (κ2) is 6.02. The van der Waals surface area contributed by atoms with Crippen LogP contribution in [0.25, 0.3) is 27.9 Å².